The summed E-state index contributed by atoms with van der Waals surface area (Å²) in [6, 6.07) is 0. The number of hydrogen-bond donors (Lipinski definition) is 11. The maximum absolute atomic E-state index is 14.3. The highest BCUT2D eigenvalue weighted by atomic mass is 31.2. The standard InChI is InChI=1S/C67H123O24P/c1-4-7-10-13-16-19-22-23-24-25-28-31-34-37-40-43-53(71)86-48(45-83-51(69)41-38-35-32-29-26-20-17-14-11-8-5-2)46-85-92(81,82)91-65-63(89-66-61(79)56(74)54(72)49(44-68)87-66)59(77)58(76)60(78)64(65)90-67-62(80)57(75)55(73)50(88-67)47-84-52(70)42-39-36-33-30-27-21-18-15-12-9-6-3/h19,22,48-50,54-68,72-80H,4-18,20-21,23-47H2,1-3H3,(H,81,82)/b22-19-. The lowest BCUT2D eigenvalue weighted by molar-refractivity contribution is -0.360. The lowest BCUT2D eigenvalue weighted by Crippen LogP contribution is -2.69. The van der Waals surface area contributed by atoms with E-state index in [0.29, 0.717) is 19.3 Å². The molecule has 0 radical (unpaired) electrons. The van der Waals surface area contributed by atoms with E-state index in [-0.39, 0.29) is 19.3 Å². The van der Waals surface area contributed by atoms with Crippen LogP contribution in [0.1, 0.15) is 265 Å². The molecule has 3 rings (SSSR count). The molecule has 3 fully saturated rings. The van der Waals surface area contributed by atoms with Crippen molar-refractivity contribution >= 4 is 25.7 Å². The maximum atomic E-state index is 14.3. The van der Waals surface area contributed by atoms with Gasteiger partial charge in [-0.3, -0.25) is 23.4 Å². The monoisotopic (exact) mass is 1340 g/mol. The molecule has 3 aliphatic rings. The summed E-state index contributed by atoms with van der Waals surface area (Å²) in [5.74, 6) is -1.99. The van der Waals surface area contributed by atoms with E-state index in [9.17, 15) is 74.9 Å². The van der Waals surface area contributed by atoms with Crippen molar-refractivity contribution < 1.29 is 117 Å². The van der Waals surface area contributed by atoms with Gasteiger partial charge in [-0.25, -0.2) is 4.57 Å². The van der Waals surface area contributed by atoms with Crippen molar-refractivity contribution in [3.63, 3.8) is 0 Å². The zero-order chi connectivity index (χ0) is 67.5. The quantitative estimate of drug-likeness (QED) is 0.00894. The molecule has 0 spiro atoms. The summed E-state index contributed by atoms with van der Waals surface area (Å²) in [6.07, 6.45) is 6.01. The molecule has 2 saturated heterocycles. The van der Waals surface area contributed by atoms with Crippen LogP contribution < -0.4 is 0 Å². The van der Waals surface area contributed by atoms with Crippen molar-refractivity contribution in [2.45, 2.75) is 369 Å². The lowest BCUT2D eigenvalue weighted by atomic mass is 9.84. The van der Waals surface area contributed by atoms with Gasteiger partial charge in [0.15, 0.2) is 18.7 Å². The van der Waals surface area contributed by atoms with Crippen LogP contribution >= 0.6 is 7.82 Å². The number of phosphoric ester groups is 1. The fraction of sp³-hybridized carbons (Fsp3) is 0.925. The first-order valence-electron chi connectivity index (χ1n) is 35.5. The molecular weight excluding hydrogens is 1220 g/mol. The van der Waals surface area contributed by atoms with Gasteiger partial charge in [-0.2, -0.15) is 0 Å². The van der Waals surface area contributed by atoms with Gasteiger partial charge in [0, 0.05) is 19.3 Å². The molecule has 2 aliphatic heterocycles. The number of rotatable bonds is 54. The van der Waals surface area contributed by atoms with E-state index >= 15 is 0 Å². The first-order valence-corrected chi connectivity index (χ1v) is 37.0. The van der Waals surface area contributed by atoms with Gasteiger partial charge >= 0.3 is 25.7 Å². The fourth-order valence-corrected chi connectivity index (χ4v) is 12.7. The van der Waals surface area contributed by atoms with Gasteiger partial charge in [0.25, 0.3) is 0 Å². The SMILES string of the molecule is CCCCCC/C=C\CCCCCCCCCC(=O)OC(COC(=O)CCCCCCCCCCCCC)COP(=O)(O)OC1C(OC2OC(CO)C(O)C(O)C2O)C(O)C(O)C(O)C1OC1OC(COC(=O)CCCCCCCCCCCCC)C(O)C(O)C1O. The average Bonchev–Trinajstić information content (AvgIpc) is 0.766. The van der Waals surface area contributed by atoms with Crippen molar-refractivity contribution in [3.8, 4) is 0 Å². The van der Waals surface area contributed by atoms with Crippen LogP contribution in [0.25, 0.3) is 0 Å². The second-order valence-electron chi connectivity index (χ2n) is 25.6. The van der Waals surface area contributed by atoms with Crippen LogP contribution in [0.2, 0.25) is 0 Å². The third kappa shape index (κ3) is 33.8. The van der Waals surface area contributed by atoms with Gasteiger partial charge in [-0.05, 0) is 44.9 Å². The van der Waals surface area contributed by atoms with E-state index in [4.69, 9.17) is 42.2 Å². The fourth-order valence-electron chi connectivity index (χ4n) is 11.7. The zero-order valence-corrected chi connectivity index (χ0v) is 56.7. The molecule has 1 saturated carbocycles. The van der Waals surface area contributed by atoms with Crippen molar-refractivity contribution in [2.24, 2.45) is 0 Å². The maximum Gasteiger partial charge on any atom is 0.472 e. The number of aliphatic hydroxyl groups is 10. The smallest absolute Gasteiger partial charge is 0.463 e. The second kappa shape index (κ2) is 50.1. The minimum atomic E-state index is -5.69. The number of allylic oxidation sites excluding steroid dienone is 2. The van der Waals surface area contributed by atoms with Gasteiger partial charge in [0.2, 0.25) is 0 Å². The number of ether oxygens (including phenoxy) is 7. The van der Waals surface area contributed by atoms with Crippen molar-refractivity contribution in [1.82, 2.24) is 0 Å². The van der Waals surface area contributed by atoms with Gasteiger partial charge in [-0.1, -0.05) is 213 Å². The predicted molar refractivity (Wildman–Crippen MR) is 342 cm³/mol. The Hall–Kier alpha value is -2.30. The number of aliphatic hydroxyl groups excluding tert-OH is 10. The highest BCUT2D eigenvalue weighted by Gasteiger charge is 2.58. The predicted octanol–water partition coefficient (Wildman–Crippen LogP) is 8.40. The van der Waals surface area contributed by atoms with E-state index in [1.807, 2.05) is 0 Å². The van der Waals surface area contributed by atoms with Crippen LogP contribution in [0.5, 0.6) is 0 Å². The first-order chi connectivity index (χ1) is 44.3. The van der Waals surface area contributed by atoms with E-state index in [1.165, 1.54) is 89.9 Å². The Morgan fingerprint density at radius 1 is 0.413 bits per heavy atom. The Morgan fingerprint density at radius 3 is 1.18 bits per heavy atom. The third-order valence-corrected chi connectivity index (χ3v) is 18.5. The Balaban J connectivity index is 1.77. The van der Waals surface area contributed by atoms with Crippen LogP contribution in [-0.4, -0.2) is 204 Å². The molecule has 2 heterocycles. The number of hydrogen-bond acceptors (Lipinski definition) is 23. The summed E-state index contributed by atoms with van der Waals surface area (Å²) in [4.78, 5) is 50.8. The zero-order valence-electron chi connectivity index (χ0n) is 55.8. The Morgan fingerprint density at radius 2 is 0.761 bits per heavy atom. The van der Waals surface area contributed by atoms with Crippen LogP contribution in [-0.2, 0) is 61.2 Å². The third-order valence-electron chi connectivity index (χ3n) is 17.5. The molecule has 18 unspecified atom stereocenters. The molecule has 1 aliphatic carbocycles. The Kier molecular flexibility index (Phi) is 45.7. The minimum Gasteiger partial charge on any atom is -0.463 e. The number of phosphoric acid groups is 1. The van der Waals surface area contributed by atoms with E-state index in [1.54, 1.807) is 0 Å². The molecule has 18 atom stereocenters. The summed E-state index contributed by atoms with van der Waals surface area (Å²) in [5.41, 5.74) is 0. The van der Waals surface area contributed by atoms with E-state index in [0.717, 1.165) is 116 Å². The van der Waals surface area contributed by atoms with E-state index in [2.05, 4.69) is 32.9 Å². The van der Waals surface area contributed by atoms with Gasteiger partial charge in [0.05, 0.1) is 13.2 Å². The molecule has 25 heteroatoms. The Bertz CT molecular complexity index is 1970. The first kappa shape index (κ1) is 83.9. The van der Waals surface area contributed by atoms with Crippen molar-refractivity contribution in [2.75, 3.05) is 26.4 Å². The van der Waals surface area contributed by atoms with E-state index < -0.39 is 156 Å². The summed E-state index contributed by atoms with van der Waals surface area (Å²) in [7, 11) is -5.69. The topological polar surface area (TPSA) is 374 Å². The average molecular weight is 1340 g/mol. The molecule has 0 amide bonds. The summed E-state index contributed by atoms with van der Waals surface area (Å²) in [6.45, 7) is 3.38. The molecule has 540 valence electrons. The second-order valence-corrected chi connectivity index (χ2v) is 27.0. The van der Waals surface area contributed by atoms with Crippen molar-refractivity contribution in [3.05, 3.63) is 12.2 Å². The number of carbonyl (C=O) groups excluding carboxylic acids is 3. The molecular formula is C67H123O24P. The van der Waals surface area contributed by atoms with Gasteiger partial charge < -0.3 is 89.1 Å². The molecule has 24 nitrogen and oxygen atoms in total. The molecule has 11 N–H and O–H groups in total. The highest BCUT2D eigenvalue weighted by Crippen LogP contribution is 2.49. The highest BCUT2D eigenvalue weighted by molar-refractivity contribution is 7.47. The summed E-state index contributed by atoms with van der Waals surface area (Å²) < 4.78 is 64.8. The molecule has 0 aromatic carbocycles. The molecule has 0 bridgehead atoms. The van der Waals surface area contributed by atoms with Crippen LogP contribution in [0.15, 0.2) is 12.2 Å². The summed E-state index contributed by atoms with van der Waals surface area (Å²) >= 11 is 0. The number of carbonyl (C=O) groups is 3. The molecule has 0 aromatic rings. The van der Waals surface area contributed by atoms with Crippen LogP contribution in [0.4, 0.5) is 0 Å². The molecule has 92 heavy (non-hydrogen) atoms. The van der Waals surface area contributed by atoms with Crippen LogP contribution in [0.3, 0.4) is 0 Å². The number of unbranched alkanes of at least 4 members (excludes halogenated alkanes) is 31. The Labute approximate surface area is 548 Å². The molecule has 0 aromatic heterocycles. The van der Waals surface area contributed by atoms with Gasteiger partial charge in [0.1, 0.15) is 98.7 Å². The van der Waals surface area contributed by atoms with Crippen molar-refractivity contribution in [1.29, 1.82) is 0 Å². The van der Waals surface area contributed by atoms with Crippen LogP contribution in [0, 0.1) is 0 Å². The summed E-state index contributed by atoms with van der Waals surface area (Å²) in [5, 5.41) is 110. The normalized spacial score (nSPS) is 28.7. The minimum absolute atomic E-state index is 0.0313. The largest absolute Gasteiger partial charge is 0.472 e. The lowest BCUT2D eigenvalue weighted by Gasteiger charge is -2.49. The number of esters is 3. The van der Waals surface area contributed by atoms with Gasteiger partial charge in [-0.15, -0.1) is 0 Å².